The molecule has 6 heteroatoms. The second-order valence-electron chi connectivity index (χ2n) is 6.93. The number of carbonyl (C=O) groups is 1. The van der Waals surface area contributed by atoms with E-state index >= 15 is 0 Å². The maximum atomic E-state index is 12.5. The molecule has 1 aromatic carbocycles. The van der Waals surface area contributed by atoms with E-state index in [0.29, 0.717) is 11.4 Å². The van der Waals surface area contributed by atoms with Gasteiger partial charge < -0.3 is 15.0 Å². The van der Waals surface area contributed by atoms with Crippen LogP contribution in [0.25, 0.3) is 10.6 Å². The first-order valence-electron chi connectivity index (χ1n) is 9.28. The van der Waals surface area contributed by atoms with Crippen LogP contribution in [0.2, 0.25) is 0 Å². The van der Waals surface area contributed by atoms with E-state index in [0.717, 1.165) is 41.6 Å². The number of aryl methyl sites for hydroxylation is 1. The first kappa shape index (κ1) is 18.9. The topological polar surface area (TPSA) is 54.5 Å². The van der Waals surface area contributed by atoms with Gasteiger partial charge in [-0.1, -0.05) is 12.1 Å². The summed E-state index contributed by atoms with van der Waals surface area (Å²) in [6.07, 6.45) is 2.66. The van der Waals surface area contributed by atoms with Gasteiger partial charge in [0.1, 0.15) is 15.6 Å². The number of thiazole rings is 1. The highest BCUT2D eigenvalue weighted by Crippen LogP contribution is 2.30. The summed E-state index contributed by atoms with van der Waals surface area (Å²) in [7, 11) is 0. The van der Waals surface area contributed by atoms with Crippen molar-refractivity contribution in [1.82, 2.24) is 15.2 Å². The largest absolute Gasteiger partial charge is 0.491 e. The molecule has 1 fully saturated rings. The second-order valence-corrected chi connectivity index (χ2v) is 7.93. The second kappa shape index (κ2) is 8.64. The highest BCUT2D eigenvalue weighted by atomic mass is 32.1. The van der Waals surface area contributed by atoms with Crippen molar-refractivity contribution in [1.29, 1.82) is 0 Å². The molecule has 1 aromatic heterocycles. The minimum absolute atomic E-state index is 0.0277. The smallest absolute Gasteiger partial charge is 0.263 e. The van der Waals surface area contributed by atoms with Crippen LogP contribution in [0.15, 0.2) is 24.3 Å². The minimum atomic E-state index is -0.0277. The summed E-state index contributed by atoms with van der Waals surface area (Å²) in [6, 6.07) is 7.88. The molecule has 26 heavy (non-hydrogen) atoms. The molecule has 2 heterocycles. The highest BCUT2D eigenvalue weighted by molar-refractivity contribution is 7.17. The van der Waals surface area contributed by atoms with E-state index in [-0.39, 0.29) is 12.0 Å². The number of hydrogen-bond donors (Lipinski definition) is 1. The predicted molar refractivity (Wildman–Crippen MR) is 106 cm³/mol. The zero-order valence-electron chi connectivity index (χ0n) is 15.7. The molecule has 140 valence electrons. The molecule has 0 atom stereocenters. The number of nitrogens with one attached hydrogen (secondary N) is 1. The van der Waals surface area contributed by atoms with Gasteiger partial charge in [0, 0.05) is 18.7 Å². The van der Waals surface area contributed by atoms with E-state index in [1.54, 1.807) is 0 Å². The Balaban J connectivity index is 1.65. The molecule has 5 nitrogen and oxygen atoms in total. The number of hydrogen-bond acceptors (Lipinski definition) is 5. The van der Waals surface area contributed by atoms with Gasteiger partial charge in [0.2, 0.25) is 0 Å². The van der Waals surface area contributed by atoms with Crippen molar-refractivity contribution in [3.8, 4) is 16.3 Å². The van der Waals surface area contributed by atoms with Gasteiger partial charge in [0.05, 0.1) is 11.8 Å². The summed E-state index contributed by atoms with van der Waals surface area (Å²) in [5.41, 5.74) is 1.76. The van der Waals surface area contributed by atoms with Crippen molar-refractivity contribution < 1.29 is 9.53 Å². The number of amides is 1. The van der Waals surface area contributed by atoms with Crippen LogP contribution in [-0.4, -0.2) is 48.1 Å². The summed E-state index contributed by atoms with van der Waals surface area (Å²) in [4.78, 5) is 20.2. The molecule has 0 unspecified atom stereocenters. The van der Waals surface area contributed by atoms with Crippen LogP contribution in [0.1, 0.15) is 42.1 Å². The van der Waals surface area contributed by atoms with Crippen molar-refractivity contribution >= 4 is 17.2 Å². The number of rotatable bonds is 7. The Morgan fingerprint density at radius 3 is 2.85 bits per heavy atom. The van der Waals surface area contributed by atoms with Crippen LogP contribution in [0.5, 0.6) is 5.75 Å². The Morgan fingerprint density at radius 2 is 2.12 bits per heavy atom. The van der Waals surface area contributed by atoms with Crippen LogP contribution in [0.3, 0.4) is 0 Å². The van der Waals surface area contributed by atoms with Crippen LogP contribution >= 0.6 is 11.3 Å². The quantitative estimate of drug-likeness (QED) is 0.803. The normalized spacial score (nSPS) is 14.8. The lowest BCUT2D eigenvalue weighted by Gasteiger charge is -2.14. The van der Waals surface area contributed by atoms with Crippen molar-refractivity contribution in [2.75, 3.05) is 26.2 Å². The minimum Gasteiger partial charge on any atom is -0.491 e. The lowest BCUT2D eigenvalue weighted by atomic mass is 10.2. The average molecular weight is 374 g/mol. The van der Waals surface area contributed by atoms with Crippen molar-refractivity contribution in [3.05, 3.63) is 34.8 Å². The van der Waals surface area contributed by atoms with E-state index in [1.165, 1.54) is 24.2 Å². The number of aromatic nitrogens is 1. The monoisotopic (exact) mass is 373 g/mol. The fourth-order valence-corrected chi connectivity index (χ4v) is 4.10. The van der Waals surface area contributed by atoms with Crippen molar-refractivity contribution in [2.24, 2.45) is 0 Å². The van der Waals surface area contributed by atoms with Crippen LogP contribution in [0, 0.1) is 6.92 Å². The number of likely N-dealkylation sites (tertiary alicyclic amines) is 1. The molecule has 0 saturated carbocycles. The van der Waals surface area contributed by atoms with Gasteiger partial charge in [-0.2, -0.15) is 0 Å². The SMILES string of the molecule is Cc1nc(-c2cccc(OC(C)C)c2)sc1C(=O)NCCN1CCCC1. The molecular weight excluding hydrogens is 346 g/mol. The van der Waals surface area contributed by atoms with Gasteiger partial charge in [0.25, 0.3) is 5.91 Å². The Kier molecular flexibility index (Phi) is 6.27. The maximum Gasteiger partial charge on any atom is 0.263 e. The lowest BCUT2D eigenvalue weighted by molar-refractivity contribution is 0.0953. The average Bonchev–Trinajstić information content (AvgIpc) is 3.24. The molecule has 2 aromatic rings. The first-order valence-corrected chi connectivity index (χ1v) is 10.1. The Labute approximate surface area is 159 Å². The van der Waals surface area contributed by atoms with E-state index in [1.807, 2.05) is 45.0 Å². The highest BCUT2D eigenvalue weighted by Gasteiger charge is 2.17. The molecule has 1 aliphatic heterocycles. The molecule has 3 rings (SSSR count). The van der Waals surface area contributed by atoms with Gasteiger partial charge in [-0.15, -0.1) is 11.3 Å². The molecule has 1 amide bonds. The Bertz CT molecular complexity index is 751. The maximum absolute atomic E-state index is 12.5. The third-order valence-corrected chi connectivity index (χ3v) is 5.57. The fourth-order valence-electron chi connectivity index (χ4n) is 3.12. The number of carbonyl (C=O) groups excluding carboxylic acids is 1. The van der Waals surface area contributed by atoms with Crippen LogP contribution in [-0.2, 0) is 0 Å². The third kappa shape index (κ3) is 4.83. The summed E-state index contributed by atoms with van der Waals surface area (Å²) < 4.78 is 5.76. The first-order chi connectivity index (χ1) is 12.5. The molecule has 0 radical (unpaired) electrons. The van der Waals surface area contributed by atoms with Crippen molar-refractivity contribution in [3.63, 3.8) is 0 Å². The van der Waals surface area contributed by atoms with Crippen LogP contribution < -0.4 is 10.1 Å². The standard InChI is InChI=1S/C20H27N3O2S/c1-14(2)25-17-8-6-7-16(13-17)20-22-15(3)18(26-20)19(24)21-9-12-23-10-4-5-11-23/h6-8,13-14H,4-5,9-12H2,1-3H3,(H,21,24). The van der Waals surface area contributed by atoms with Gasteiger partial charge >= 0.3 is 0 Å². The van der Waals surface area contributed by atoms with Gasteiger partial charge in [-0.25, -0.2) is 4.98 Å². The summed E-state index contributed by atoms with van der Waals surface area (Å²) in [5, 5.41) is 3.88. The van der Waals surface area contributed by atoms with Gasteiger partial charge in [-0.3, -0.25) is 4.79 Å². The van der Waals surface area contributed by atoms with E-state index in [2.05, 4.69) is 15.2 Å². The summed E-state index contributed by atoms with van der Waals surface area (Å²) in [5.74, 6) is 0.794. The predicted octanol–water partition coefficient (Wildman–Crippen LogP) is 3.73. The number of ether oxygens (including phenoxy) is 1. The zero-order chi connectivity index (χ0) is 18.5. The lowest BCUT2D eigenvalue weighted by Crippen LogP contribution is -2.33. The number of nitrogens with zero attached hydrogens (tertiary/aromatic N) is 2. The molecule has 1 aliphatic rings. The van der Waals surface area contributed by atoms with Gasteiger partial charge in [-0.05, 0) is 58.8 Å². The van der Waals surface area contributed by atoms with E-state index in [4.69, 9.17) is 4.74 Å². The zero-order valence-corrected chi connectivity index (χ0v) is 16.6. The molecular formula is C20H27N3O2S. The Hall–Kier alpha value is -1.92. The summed E-state index contributed by atoms with van der Waals surface area (Å²) >= 11 is 1.44. The molecule has 0 spiro atoms. The molecule has 1 N–H and O–H groups in total. The Morgan fingerprint density at radius 1 is 1.35 bits per heavy atom. The molecule has 0 bridgehead atoms. The van der Waals surface area contributed by atoms with Crippen molar-refractivity contribution in [2.45, 2.75) is 39.7 Å². The van der Waals surface area contributed by atoms with E-state index < -0.39 is 0 Å². The van der Waals surface area contributed by atoms with Gasteiger partial charge in [0.15, 0.2) is 0 Å². The summed E-state index contributed by atoms with van der Waals surface area (Å²) in [6.45, 7) is 9.80. The number of benzene rings is 1. The van der Waals surface area contributed by atoms with Crippen LogP contribution in [0.4, 0.5) is 0 Å². The molecule has 0 aliphatic carbocycles. The van der Waals surface area contributed by atoms with E-state index in [9.17, 15) is 4.79 Å². The molecule has 1 saturated heterocycles. The fraction of sp³-hybridized carbons (Fsp3) is 0.500. The third-order valence-electron chi connectivity index (χ3n) is 4.37.